The molecular weight excluding hydrogens is 214 g/mol. The first-order valence-corrected chi connectivity index (χ1v) is 5.30. The van der Waals surface area contributed by atoms with Gasteiger partial charge in [0.2, 0.25) is 0 Å². The van der Waals surface area contributed by atoms with Gasteiger partial charge in [-0.25, -0.2) is 0 Å². The van der Waals surface area contributed by atoms with Crippen molar-refractivity contribution in [1.82, 2.24) is 5.32 Å². The van der Waals surface area contributed by atoms with E-state index in [0.717, 1.165) is 5.56 Å². The fourth-order valence-corrected chi connectivity index (χ4v) is 1.48. The van der Waals surface area contributed by atoms with Crippen molar-refractivity contribution in [2.45, 2.75) is 19.1 Å². The first kappa shape index (κ1) is 12.5. The molecule has 0 radical (unpaired) electrons. The zero-order chi connectivity index (χ0) is 11.3. The molecule has 0 aliphatic heterocycles. The molecule has 4 heteroatoms. The molecule has 2 atom stereocenters. The molecule has 2 unspecified atom stereocenters. The smallest absolute Gasteiger partial charge is 0.0940 e. The standard InChI is InChI=1S/C11H16ClNO2/c1-8(13-6-7-14)11(15)9-2-4-10(12)5-3-9/h2-5,8,11,13-15H,6-7H2,1H3. The second-order valence-corrected chi connectivity index (χ2v) is 3.90. The number of aliphatic hydroxyl groups excluding tert-OH is 2. The molecule has 3 nitrogen and oxygen atoms in total. The Balaban J connectivity index is 2.59. The largest absolute Gasteiger partial charge is 0.395 e. The Labute approximate surface area is 94.7 Å². The molecule has 0 fully saturated rings. The molecule has 1 aromatic carbocycles. The molecule has 84 valence electrons. The third-order valence-electron chi connectivity index (χ3n) is 2.26. The average molecular weight is 230 g/mol. The monoisotopic (exact) mass is 229 g/mol. The molecule has 0 aliphatic rings. The van der Waals surface area contributed by atoms with Crippen molar-refractivity contribution in [1.29, 1.82) is 0 Å². The Kier molecular flexibility index (Phi) is 5.05. The van der Waals surface area contributed by atoms with Gasteiger partial charge in [0.15, 0.2) is 0 Å². The van der Waals surface area contributed by atoms with E-state index < -0.39 is 6.10 Å². The molecule has 1 aromatic rings. The normalized spacial score (nSPS) is 14.9. The highest BCUT2D eigenvalue weighted by Crippen LogP contribution is 2.18. The Morgan fingerprint density at radius 2 is 1.93 bits per heavy atom. The summed E-state index contributed by atoms with van der Waals surface area (Å²) in [6.45, 7) is 2.42. The molecule has 0 aliphatic carbocycles. The molecular formula is C11H16ClNO2. The van der Waals surface area contributed by atoms with Gasteiger partial charge in [0.1, 0.15) is 0 Å². The number of hydrogen-bond donors (Lipinski definition) is 3. The van der Waals surface area contributed by atoms with Crippen molar-refractivity contribution < 1.29 is 10.2 Å². The number of nitrogens with one attached hydrogen (secondary N) is 1. The summed E-state index contributed by atoms with van der Waals surface area (Å²) in [4.78, 5) is 0. The summed E-state index contributed by atoms with van der Waals surface area (Å²) in [7, 11) is 0. The highest BCUT2D eigenvalue weighted by Gasteiger charge is 2.14. The molecule has 0 amide bonds. The van der Waals surface area contributed by atoms with Crippen LogP contribution in [-0.2, 0) is 0 Å². The average Bonchev–Trinajstić information content (AvgIpc) is 2.26. The summed E-state index contributed by atoms with van der Waals surface area (Å²) in [5, 5.41) is 22.2. The summed E-state index contributed by atoms with van der Waals surface area (Å²) < 4.78 is 0. The van der Waals surface area contributed by atoms with Crippen LogP contribution in [0.25, 0.3) is 0 Å². The van der Waals surface area contributed by atoms with Gasteiger partial charge in [-0.1, -0.05) is 23.7 Å². The van der Waals surface area contributed by atoms with E-state index in [2.05, 4.69) is 5.32 Å². The quantitative estimate of drug-likeness (QED) is 0.715. The maximum absolute atomic E-state index is 9.92. The van der Waals surface area contributed by atoms with Crippen molar-refractivity contribution in [2.24, 2.45) is 0 Å². The number of aliphatic hydroxyl groups is 2. The number of halogens is 1. The van der Waals surface area contributed by atoms with Gasteiger partial charge >= 0.3 is 0 Å². The molecule has 0 aromatic heterocycles. The van der Waals surface area contributed by atoms with Crippen molar-refractivity contribution in [3.05, 3.63) is 34.9 Å². The maximum Gasteiger partial charge on any atom is 0.0940 e. The van der Waals surface area contributed by atoms with Crippen LogP contribution in [0.3, 0.4) is 0 Å². The lowest BCUT2D eigenvalue weighted by atomic mass is 10.0. The SMILES string of the molecule is CC(NCCO)C(O)c1ccc(Cl)cc1. The highest BCUT2D eigenvalue weighted by molar-refractivity contribution is 6.30. The predicted molar refractivity (Wildman–Crippen MR) is 61.0 cm³/mol. The topological polar surface area (TPSA) is 52.5 Å². The summed E-state index contributed by atoms with van der Waals surface area (Å²) in [6, 6.07) is 6.99. The van der Waals surface area contributed by atoms with Crippen LogP contribution in [0.15, 0.2) is 24.3 Å². The third-order valence-corrected chi connectivity index (χ3v) is 2.52. The Morgan fingerprint density at radius 1 is 1.33 bits per heavy atom. The van der Waals surface area contributed by atoms with Gasteiger partial charge in [-0.15, -0.1) is 0 Å². The van der Waals surface area contributed by atoms with Gasteiger partial charge in [-0.2, -0.15) is 0 Å². The number of benzene rings is 1. The van der Waals surface area contributed by atoms with Crippen molar-refractivity contribution in [2.75, 3.05) is 13.2 Å². The fraction of sp³-hybridized carbons (Fsp3) is 0.455. The van der Waals surface area contributed by atoms with E-state index in [4.69, 9.17) is 16.7 Å². The number of rotatable bonds is 5. The lowest BCUT2D eigenvalue weighted by Gasteiger charge is -2.20. The van der Waals surface area contributed by atoms with Crippen LogP contribution in [0, 0.1) is 0 Å². The van der Waals surface area contributed by atoms with E-state index in [0.29, 0.717) is 11.6 Å². The molecule has 0 heterocycles. The van der Waals surface area contributed by atoms with Crippen LogP contribution in [-0.4, -0.2) is 29.4 Å². The summed E-state index contributed by atoms with van der Waals surface area (Å²) in [6.07, 6.45) is -0.589. The zero-order valence-corrected chi connectivity index (χ0v) is 9.41. The van der Waals surface area contributed by atoms with Crippen LogP contribution >= 0.6 is 11.6 Å². The molecule has 3 N–H and O–H groups in total. The second kappa shape index (κ2) is 6.08. The van der Waals surface area contributed by atoms with E-state index in [-0.39, 0.29) is 12.6 Å². The van der Waals surface area contributed by atoms with Crippen molar-refractivity contribution in [3.8, 4) is 0 Å². The first-order chi connectivity index (χ1) is 7.15. The third kappa shape index (κ3) is 3.80. The minimum Gasteiger partial charge on any atom is -0.395 e. The Bertz CT molecular complexity index is 289. The first-order valence-electron chi connectivity index (χ1n) is 4.93. The van der Waals surface area contributed by atoms with Crippen LogP contribution in [0.2, 0.25) is 5.02 Å². The molecule has 0 bridgehead atoms. The highest BCUT2D eigenvalue weighted by atomic mass is 35.5. The second-order valence-electron chi connectivity index (χ2n) is 3.46. The van der Waals surface area contributed by atoms with Gasteiger partial charge in [0.05, 0.1) is 12.7 Å². The summed E-state index contributed by atoms with van der Waals surface area (Å²) in [5.74, 6) is 0. The van der Waals surface area contributed by atoms with E-state index in [9.17, 15) is 5.11 Å². The Hall–Kier alpha value is -0.610. The van der Waals surface area contributed by atoms with Crippen LogP contribution in [0.5, 0.6) is 0 Å². The van der Waals surface area contributed by atoms with Gasteiger partial charge in [0.25, 0.3) is 0 Å². The van der Waals surface area contributed by atoms with Gasteiger partial charge < -0.3 is 15.5 Å². The zero-order valence-electron chi connectivity index (χ0n) is 8.65. The minimum atomic E-state index is -0.589. The molecule has 0 spiro atoms. The molecule has 15 heavy (non-hydrogen) atoms. The van der Waals surface area contributed by atoms with E-state index in [1.165, 1.54) is 0 Å². The van der Waals surface area contributed by atoms with E-state index >= 15 is 0 Å². The van der Waals surface area contributed by atoms with Crippen LogP contribution in [0.4, 0.5) is 0 Å². The lowest BCUT2D eigenvalue weighted by molar-refractivity contribution is 0.132. The number of hydrogen-bond acceptors (Lipinski definition) is 3. The minimum absolute atomic E-state index is 0.0671. The van der Waals surface area contributed by atoms with Gasteiger partial charge in [-0.3, -0.25) is 0 Å². The molecule has 0 saturated carbocycles. The van der Waals surface area contributed by atoms with Crippen molar-refractivity contribution >= 4 is 11.6 Å². The van der Waals surface area contributed by atoms with Gasteiger partial charge in [0, 0.05) is 17.6 Å². The van der Waals surface area contributed by atoms with Crippen molar-refractivity contribution in [3.63, 3.8) is 0 Å². The van der Waals surface area contributed by atoms with E-state index in [1.54, 1.807) is 24.3 Å². The molecule has 0 saturated heterocycles. The lowest BCUT2D eigenvalue weighted by Crippen LogP contribution is -2.34. The summed E-state index contributed by atoms with van der Waals surface area (Å²) in [5.41, 5.74) is 0.817. The van der Waals surface area contributed by atoms with Crippen LogP contribution in [0.1, 0.15) is 18.6 Å². The molecule has 1 rings (SSSR count). The fourth-order valence-electron chi connectivity index (χ4n) is 1.35. The van der Waals surface area contributed by atoms with Crippen LogP contribution < -0.4 is 5.32 Å². The Morgan fingerprint density at radius 3 is 2.47 bits per heavy atom. The van der Waals surface area contributed by atoms with E-state index in [1.807, 2.05) is 6.92 Å². The van der Waals surface area contributed by atoms with Gasteiger partial charge in [-0.05, 0) is 24.6 Å². The summed E-state index contributed by atoms with van der Waals surface area (Å²) >= 11 is 5.75. The predicted octanol–water partition coefficient (Wildman–Crippen LogP) is 1.34. The maximum atomic E-state index is 9.92.